The summed E-state index contributed by atoms with van der Waals surface area (Å²) in [6.07, 6.45) is 0. The molecule has 0 aromatic carbocycles. The monoisotopic (exact) mass is 155 g/mol. The van der Waals surface area contributed by atoms with Crippen LogP contribution in [0, 0.1) is 11.3 Å². The SMILES string of the molecule is CCOC(=O)C(O)=C(C)C#N. The number of esters is 1. The van der Waals surface area contributed by atoms with Crippen molar-refractivity contribution in [3.05, 3.63) is 11.3 Å². The van der Waals surface area contributed by atoms with Crippen molar-refractivity contribution in [1.82, 2.24) is 0 Å². The summed E-state index contributed by atoms with van der Waals surface area (Å²) >= 11 is 0. The molecule has 0 atom stereocenters. The second-order valence-corrected chi connectivity index (χ2v) is 1.81. The number of rotatable bonds is 2. The molecule has 0 aliphatic heterocycles. The quantitative estimate of drug-likeness (QED) is 0.278. The molecule has 0 saturated heterocycles. The first-order valence-corrected chi connectivity index (χ1v) is 3.10. The Kier molecular flexibility index (Phi) is 3.75. The molecule has 0 unspecified atom stereocenters. The predicted molar refractivity (Wildman–Crippen MR) is 37.6 cm³/mol. The van der Waals surface area contributed by atoms with E-state index in [9.17, 15) is 4.79 Å². The van der Waals surface area contributed by atoms with E-state index in [0.717, 1.165) is 0 Å². The maximum absolute atomic E-state index is 10.7. The fraction of sp³-hybridized carbons (Fsp3) is 0.429. The maximum atomic E-state index is 10.7. The molecule has 0 spiro atoms. The lowest BCUT2D eigenvalue weighted by atomic mass is 10.3. The number of aliphatic hydroxyl groups is 1. The van der Waals surface area contributed by atoms with Gasteiger partial charge in [-0.25, -0.2) is 4.79 Å². The fourth-order valence-corrected chi connectivity index (χ4v) is 0.405. The Bertz CT molecular complexity index is 224. The molecule has 0 amide bonds. The minimum atomic E-state index is -0.855. The van der Waals surface area contributed by atoms with Gasteiger partial charge in [0.2, 0.25) is 5.76 Å². The third kappa shape index (κ3) is 2.72. The summed E-state index contributed by atoms with van der Waals surface area (Å²) in [5, 5.41) is 17.1. The fourth-order valence-electron chi connectivity index (χ4n) is 0.405. The van der Waals surface area contributed by atoms with Crippen LogP contribution in [0.2, 0.25) is 0 Å². The average Bonchev–Trinajstić information content (AvgIpc) is 2.02. The van der Waals surface area contributed by atoms with Crippen LogP contribution < -0.4 is 0 Å². The lowest BCUT2D eigenvalue weighted by Gasteiger charge is -1.99. The van der Waals surface area contributed by atoms with Gasteiger partial charge >= 0.3 is 5.97 Å². The van der Waals surface area contributed by atoms with E-state index in [-0.39, 0.29) is 12.2 Å². The van der Waals surface area contributed by atoms with E-state index in [1.54, 1.807) is 13.0 Å². The molecular formula is C7H9NO3. The third-order valence-electron chi connectivity index (χ3n) is 0.992. The highest BCUT2D eigenvalue weighted by atomic mass is 16.5. The number of aliphatic hydroxyl groups excluding tert-OH is 1. The van der Waals surface area contributed by atoms with Crippen LogP contribution in [0.1, 0.15) is 13.8 Å². The van der Waals surface area contributed by atoms with E-state index in [1.807, 2.05) is 0 Å². The molecule has 0 bridgehead atoms. The van der Waals surface area contributed by atoms with Gasteiger partial charge in [-0.05, 0) is 13.8 Å². The zero-order valence-corrected chi connectivity index (χ0v) is 6.42. The maximum Gasteiger partial charge on any atom is 0.374 e. The van der Waals surface area contributed by atoms with Crippen molar-refractivity contribution in [2.75, 3.05) is 6.61 Å². The summed E-state index contributed by atoms with van der Waals surface area (Å²) in [6.45, 7) is 3.14. The summed E-state index contributed by atoms with van der Waals surface area (Å²) in [6, 6.07) is 1.63. The summed E-state index contributed by atoms with van der Waals surface area (Å²) in [7, 11) is 0. The molecule has 0 rings (SSSR count). The van der Waals surface area contributed by atoms with Crippen LogP contribution in [-0.2, 0) is 9.53 Å². The van der Waals surface area contributed by atoms with E-state index in [0.29, 0.717) is 0 Å². The van der Waals surface area contributed by atoms with Gasteiger partial charge < -0.3 is 9.84 Å². The first kappa shape index (κ1) is 9.50. The zero-order valence-electron chi connectivity index (χ0n) is 6.42. The Morgan fingerprint density at radius 3 is 2.64 bits per heavy atom. The number of nitriles is 1. The second-order valence-electron chi connectivity index (χ2n) is 1.81. The summed E-state index contributed by atoms with van der Waals surface area (Å²) in [5.74, 6) is -1.47. The van der Waals surface area contributed by atoms with Gasteiger partial charge in [0.25, 0.3) is 0 Å². The third-order valence-corrected chi connectivity index (χ3v) is 0.992. The van der Waals surface area contributed by atoms with Crippen LogP contribution in [0.4, 0.5) is 0 Å². The highest BCUT2D eigenvalue weighted by molar-refractivity contribution is 5.87. The topological polar surface area (TPSA) is 70.3 Å². The van der Waals surface area contributed by atoms with Gasteiger partial charge in [0.05, 0.1) is 18.2 Å². The highest BCUT2D eigenvalue weighted by Gasteiger charge is 2.11. The molecule has 0 radical (unpaired) electrons. The first-order valence-electron chi connectivity index (χ1n) is 3.10. The number of allylic oxidation sites excluding steroid dienone is 1. The molecule has 4 heteroatoms. The van der Waals surface area contributed by atoms with Gasteiger partial charge in [-0.2, -0.15) is 5.26 Å². The van der Waals surface area contributed by atoms with Gasteiger partial charge in [-0.15, -0.1) is 0 Å². The van der Waals surface area contributed by atoms with E-state index < -0.39 is 11.7 Å². The van der Waals surface area contributed by atoms with Crippen LogP contribution in [0.25, 0.3) is 0 Å². The lowest BCUT2D eigenvalue weighted by molar-refractivity contribution is -0.141. The van der Waals surface area contributed by atoms with Crippen molar-refractivity contribution in [1.29, 1.82) is 5.26 Å². The Morgan fingerprint density at radius 2 is 2.27 bits per heavy atom. The van der Waals surface area contributed by atoms with Crippen molar-refractivity contribution in [3.63, 3.8) is 0 Å². The Balaban J connectivity index is 4.37. The van der Waals surface area contributed by atoms with Crippen molar-refractivity contribution >= 4 is 5.97 Å². The van der Waals surface area contributed by atoms with E-state index in [4.69, 9.17) is 10.4 Å². The molecule has 1 N–H and O–H groups in total. The standard InChI is InChI=1S/C7H9NO3/c1-3-11-7(10)6(9)5(2)4-8/h9H,3H2,1-2H3. The van der Waals surface area contributed by atoms with Gasteiger partial charge in [0.1, 0.15) is 0 Å². The minimum absolute atomic E-state index is 0.0385. The number of hydrogen-bond acceptors (Lipinski definition) is 4. The summed E-state index contributed by atoms with van der Waals surface area (Å²) in [4.78, 5) is 10.7. The van der Waals surface area contributed by atoms with Gasteiger partial charge in [-0.1, -0.05) is 0 Å². The number of carbonyl (C=O) groups is 1. The van der Waals surface area contributed by atoms with Crippen LogP contribution in [-0.4, -0.2) is 17.7 Å². The molecule has 0 aromatic heterocycles. The molecule has 0 saturated carbocycles. The van der Waals surface area contributed by atoms with Gasteiger partial charge in [0.15, 0.2) is 0 Å². The van der Waals surface area contributed by atoms with Crippen molar-refractivity contribution in [3.8, 4) is 6.07 Å². The molecule has 4 nitrogen and oxygen atoms in total. The van der Waals surface area contributed by atoms with Crippen LogP contribution in [0.5, 0.6) is 0 Å². The average molecular weight is 155 g/mol. The number of nitrogens with zero attached hydrogens (tertiary/aromatic N) is 1. The van der Waals surface area contributed by atoms with Crippen molar-refractivity contribution in [2.45, 2.75) is 13.8 Å². The molecule has 60 valence electrons. The van der Waals surface area contributed by atoms with E-state index >= 15 is 0 Å². The molecule has 0 heterocycles. The molecule has 0 aliphatic rings. The summed E-state index contributed by atoms with van der Waals surface area (Å²) in [5.41, 5.74) is -0.0385. The van der Waals surface area contributed by atoms with Crippen LogP contribution >= 0.6 is 0 Å². The van der Waals surface area contributed by atoms with E-state index in [1.165, 1.54) is 6.92 Å². The second kappa shape index (κ2) is 4.34. The smallest absolute Gasteiger partial charge is 0.374 e. The highest BCUT2D eigenvalue weighted by Crippen LogP contribution is 2.00. The number of hydrogen-bond donors (Lipinski definition) is 1. The predicted octanol–water partition coefficient (Wildman–Crippen LogP) is 0.905. The Labute approximate surface area is 64.7 Å². The Hall–Kier alpha value is -1.50. The van der Waals surface area contributed by atoms with Gasteiger partial charge in [0, 0.05) is 0 Å². The van der Waals surface area contributed by atoms with Gasteiger partial charge in [-0.3, -0.25) is 0 Å². The lowest BCUT2D eigenvalue weighted by Crippen LogP contribution is -2.08. The van der Waals surface area contributed by atoms with E-state index in [2.05, 4.69) is 4.74 Å². The zero-order chi connectivity index (χ0) is 8.85. The molecule has 11 heavy (non-hydrogen) atoms. The van der Waals surface area contributed by atoms with Crippen LogP contribution in [0.3, 0.4) is 0 Å². The normalized spacial score (nSPS) is 11.4. The number of carbonyl (C=O) groups excluding carboxylic acids is 1. The minimum Gasteiger partial charge on any atom is -0.501 e. The van der Waals surface area contributed by atoms with Crippen molar-refractivity contribution in [2.24, 2.45) is 0 Å². The molecule has 0 aliphatic carbocycles. The molecule has 0 fully saturated rings. The van der Waals surface area contributed by atoms with Crippen LogP contribution in [0.15, 0.2) is 11.3 Å². The summed E-state index contributed by atoms with van der Waals surface area (Å²) < 4.78 is 4.43. The largest absolute Gasteiger partial charge is 0.501 e. The number of ether oxygens (including phenoxy) is 1. The Morgan fingerprint density at radius 1 is 1.73 bits per heavy atom. The molecule has 0 aromatic rings. The van der Waals surface area contributed by atoms with Crippen molar-refractivity contribution < 1.29 is 14.6 Å². The first-order chi connectivity index (χ1) is 5.13. The molecular weight excluding hydrogens is 146 g/mol.